The molecule has 0 unspecified atom stereocenters. The molecule has 3 aromatic heterocycles. The fourth-order valence-electron chi connectivity index (χ4n) is 6.03. The zero-order valence-corrected chi connectivity index (χ0v) is 22.4. The molecule has 202 valence electrons. The second-order valence-electron chi connectivity index (χ2n) is 10.9. The van der Waals surface area contributed by atoms with Gasteiger partial charge in [-0.15, -0.1) is 5.10 Å². The van der Waals surface area contributed by atoms with E-state index in [1.807, 2.05) is 32.2 Å². The van der Waals surface area contributed by atoms with Gasteiger partial charge in [-0.25, -0.2) is 13.5 Å². The van der Waals surface area contributed by atoms with Crippen LogP contribution in [-0.2, 0) is 17.4 Å². The molecule has 0 saturated carbocycles. The van der Waals surface area contributed by atoms with E-state index < -0.39 is 17.5 Å². The zero-order chi connectivity index (χ0) is 27.5. The number of fused-ring (bicyclic) bond motifs is 3. The number of hydrogen-bond donors (Lipinski definition) is 1. The third-order valence-electron chi connectivity index (χ3n) is 7.87. The van der Waals surface area contributed by atoms with Crippen molar-refractivity contribution in [2.45, 2.75) is 45.3 Å². The van der Waals surface area contributed by atoms with E-state index >= 15 is 8.78 Å². The molecule has 2 aromatic carbocycles. The predicted molar refractivity (Wildman–Crippen MR) is 145 cm³/mol. The topological polar surface area (TPSA) is 78.0 Å². The van der Waals surface area contributed by atoms with Gasteiger partial charge in [0.2, 0.25) is 0 Å². The molecule has 1 fully saturated rings. The molecule has 4 heterocycles. The first-order valence-electron chi connectivity index (χ1n) is 13.2. The van der Waals surface area contributed by atoms with Gasteiger partial charge < -0.3 is 14.4 Å². The van der Waals surface area contributed by atoms with Crippen LogP contribution in [0.15, 0.2) is 48.7 Å². The monoisotopic (exact) mass is 531 g/mol. The molecule has 9 heteroatoms. The highest BCUT2D eigenvalue weighted by molar-refractivity contribution is 6.07. The number of ether oxygens (including phenoxy) is 1. The fraction of sp³-hybridized carbons (Fsp3) is 0.367. The molecule has 0 aliphatic carbocycles. The van der Waals surface area contributed by atoms with Crippen LogP contribution >= 0.6 is 0 Å². The number of hydrogen-bond acceptors (Lipinski definition) is 5. The van der Waals surface area contributed by atoms with Crippen LogP contribution in [0.5, 0.6) is 0 Å². The highest BCUT2D eigenvalue weighted by atomic mass is 19.1. The van der Waals surface area contributed by atoms with Crippen molar-refractivity contribution < 1.29 is 18.6 Å². The van der Waals surface area contributed by atoms with Crippen molar-refractivity contribution in [1.82, 2.24) is 24.5 Å². The average Bonchev–Trinajstić information content (AvgIpc) is 3.40. The molecule has 1 aliphatic heterocycles. The zero-order valence-electron chi connectivity index (χ0n) is 22.4. The summed E-state index contributed by atoms with van der Waals surface area (Å²) in [4.78, 5) is 4.81. The van der Waals surface area contributed by atoms with Gasteiger partial charge in [-0.3, -0.25) is 4.98 Å². The molecule has 39 heavy (non-hydrogen) atoms. The molecule has 1 N–H and O–H groups in total. The van der Waals surface area contributed by atoms with Crippen molar-refractivity contribution in [3.8, 4) is 11.3 Å². The van der Waals surface area contributed by atoms with Crippen LogP contribution in [0.4, 0.5) is 8.78 Å². The summed E-state index contributed by atoms with van der Waals surface area (Å²) in [6.45, 7) is 6.17. The number of nitrogens with zero attached hydrogens (tertiary/aromatic N) is 5. The Labute approximate surface area is 225 Å². The van der Waals surface area contributed by atoms with Crippen molar-refractivity contribution in [3.63, 3.8) is 0 Å². The highest BCUT2D eigenvalue weighted by Gasteiger charge is 2.33. The van der Waals surface area contributed by atoms with Crippen LogP contribution in [-0.4, -0.2) is 42.9 Å². The molecule has 7 nitrogen and oxygen atoms in total. The van der Waals surface area contributed by atoms with Crippen LogP contribution in [0.2, 0.25) is 0 Å². The van der Waals surface area contributed by atoms with Crippen LogP contribution in [0.25, 0.3) is 33.2 Å². The lowest BCUT2D eigenvalue weighted by Crippen LogP contribution is -2.27. The Balaban J connectivity index is 1.73. The summed E-state index contributed by atoms with van der Waals surface area (Å²) in [7, 11) is 1.82. The van der Waals surface area contributed by atoms with Crippen LogP contribution < -0.4 is 0 Å². The summed E-state index contributed by atoms with van der Waals surface area (Å²) >= 11 is 0. The van der Waals surface area contributed by atoms with Crippen molar-refractivity contribution in [2.75, 3.05) is 13.2 Å². The van der Waals surface area contributed by atoms with Crippen molar-refractivity contribution in [3.05, 3.63) is 77.1 Å². The Bertz CT molecular complexity index is 1680. The fourth-order valence-corrected chi connectivity index (χ4v) is 6.03. The van der Waals surface area contributed by atoms with E-state index in [1.54, 1.807) is 36.9 Å². The van der Waals surface area contributed by atoms with Gasteiger partial charge in [0, 0.05) is 48.5 Å². The Morgan fingerprint density at radius 1 is 1.05 bits per heavy atom. The molecule has 0 amide bonds. The molecular formula is C30H31F2N5O2. The second kappa shape index (κ2) is 9.50. The Morgan fingerprint density at radius 3 is 2.46 bits per heavy atom. The summed E-state index contributed by atoms with van der Waals surface area (Å²) in [5.74, 6) is -0.751. The summed E-state index contributed by atoms with van der Waals surface area (Å²) < 4.78 is 40.4. The standard InChI is InChI=1S/C30H31F2N5O2/c1-17-28(36(4)35-34-17)19-13-26-27(33-16-19)21-14-24(32)22(30(2,3)38)15-25(21)37(26)29(18-9-11-39-12-10-18)20-7-5-6-8-23(20)31/h5-8,13-16,18,29,38H,9-12H2,1-4H3/t29-/m0/s1. The summed E-state index contributed by atoms with van der Waals surface area (Å²) in [5.41, 5.74) is 3.73. The number of rotatable bonds is 5. The van der Waals surface area contributed by atoms with E-state index in [-0.39, 0.29) is 17.3 Å². The number of pyridine rings is 1. The number of halogens is 2. The first kappa shape index (κ1) is 25.6. The molecule has 5 aromatic rings. The molecule has 1 atom stereocenters. The van der Waals surface area contributed by atoms with E-state index in [1.165, 1.54) is 12.1 Å². The maximum atomic E-state index is 15.5. The molecule has 0 bridgehead atoms. The van der Waals surface area contributed by atoms with Crippen molar-refractivity contribution in [1.29, 1.82) is 0 Å². The predicted octanol–water partition coefficient (Wildman–Crippen LogP) is 5.82. The Hall–Kier alpha value is -3.69. The largest absolute Gasteiger partial charge is 0.386 e. The third-order valence-corrected chi connectivity index (χ3v) is 7.87. The molecule has 0 radical (unpaired) electrons. The number of benzene rings is 2. The van der Waals surface area contributed by atoms with E-state index in [0.717, 1.165) is 35.3 Å². The number of aromatic nitrogens is 5. The van der Waals surface area contributed by atoms with Gasteiger partial charge >= 0.3 is 0 Å². The van der Waals surface area contributed by atoms with Crippen LogP contribution in [0, 0.1) is 24.5 Å². The molecule has 0 spiro atoms. The Morgan fingerprint density at radius 2 is 1.79 bits per heavy atom. The quantitative estimate of drug-likeness (QED) is 0.310. The molecule has 1 saturated heterocycles. The summed E-state index contributed by atoms with van der Waals surface area (Å²) in [5, 5.41) is 19.8. The minimum Gasteiger partial charge on any atom is -0.386 e. The van der Waals surface area contributed by atoms with Gasteiger partial charge in [0.15, 0.2) is 0 Å². The maximum absolute atomic E-state index is 15.5. The summed E-state index contributed by atoms with van der Waals surface area (Å²) in [6, 6.07) is 11.6. The van der Waals surface area contributed by atoms with E-state index in [0.29, 0.717) is 35.2 Å². The van der Waals surface area contributed by atoms with E-state index in [9.17, 15) is 5.11 Å². The molecule has 1 aliphatic rings. The summed E-state index contributed by atoms with van der Waals surface area (Å²) in [6.07, 6.45) is 3.24. The smallest absolute Gasteiger partial charge is 0.130 e. The normalized spacial score (nSPS) is 15.9. The van der Waals surface area contributed by atoms with Crippen LogP contribution in [0.1, 0.15) is 49.6 Å². The van der Waals surface area contributed by atoms with Crippen LogP contribution in [0.3, 0.4) is 0 Å². The average molecular weight is 532 g/mol. The number of aliphatic hydroxyl groups is 1. The minimum atomic E-state index is -1.41. The van der Waals surface area contributed by atoms with E-state index in [2.05, 4.69) is 14.9 Å². The molecular weight excluding hydrogens is 500 g/mol. The lowest BCUT2D eigenvalue weighted by atomic mass is 9.86. The first-order valence-corrected chi connectivity index (χ1v) is 13.2. The first-order chi connectivity index (χ1) is 18.6. The van der Waals surface area contributed by atoms with Gasteiger partial charge in [0.05, 0.1) is 39.6 Å². The van der Waals surface area contributed by atoms with Gasteiger partial charge in [-0.05, 0) is 63.8 Å². The number of aryl methyl sites for hydroxylation is 2. The lowest BCUT2D eigenvalue weighted by molar-refractivity contribution is 0.0548. The second-order valence-corrected chi connectivity index (χ2v) is 10.9. The minimum absolute atomic E-state index is 0.0638. The van der Waals surface area contributed by atoms with Gasteiger partial charge in [0.25, 0.3) is 0 Å². The maximum Gasteiger partial charge on any atom is 0.130 e. The molecule has 6 rings (SSSR count). The third kappa shape index (κ3) is 4.30. The van der Waals surface area contributed by atoms with Gasteiger partial charge in [0.1, 0.15) is 11.6 Å². The van der Waals surface area contributed by atoms with Gasteiger partial charge in [-0.2, -0.15) is 0 Å². The van der Waals surface area contributed by atoms with Crippen molar-refractivity contribution in [2.24, 2.45) is 13.0 Å². The lowest BCUT2D eigenvalue weighted by Gasteiger charge is -2.33. The van der Waals surface area contributed by atoms with Gasteiger partial charge in [-0.1, -0.05) is 23.4 Å². The van der Waals surface area contributed by atoms with E-state index in [4.69, 9.17) is 9.72 Å². The SMILES string of the molecule is Cc1nnn(C)c1-c1cnc2c3cc(F)c(C(C)(C)O)cc3n([C@H](c3ccccc3F)C3CCOCC3)c2c1. The van der Waals surface area contributed by atoms with Crippen molar-refractivity contribution >= 4 is 21.9 Å². The Kier molecular flexibility index (Phi) is 6.23. The highest BCUT2D eigenvalue weighted by Crippen LogP contribution is 2.43.